The highest BCUT2D eigenvalue weighted by molar-refractivity contribution is 7.80. The lowest BCUT2D eigenvalue weighted by Gasteiger charge is -2.02. The molecular formula is C9H12N4S. The van der Waals surface area contributed by atoms with Crippen LogP contribution in [0, 0.1) is 0 Å². The van der Waals surface area contributed by atoms with Crippen molar-refractivity contribution in [1.82, 2.24) is 15.7 Å². The molecule has 0 aliphatic heterocycles. The second kappa shape index (κ2) is 5.93. The van der Waals surface area contributed by atoms with Crippen molar-refractivity contribution in [3.05, 3.63) is 36.7 Å². The van der Waals surface area contributed by atoms with Gasteiger partial charge in [0, 0.05) is 12.7 Å². The fourth-order valence-corrected chi connectivity index (χ4v) is 0.925. The van der Waals surface area contributed by atoms with Crippen molar-refractivity contribution in [3.8, 4) is 0 Å². The van der Waals surface area contributed by atoms with Crippen LogP contribution in [-0.2, 0) is 0 Å². The topological polar surface area (TPSA) is 52.2 Å². The Bertz CT molecular complexity index is 316. The number of thiocarbonyl (C=S) groups is 1. The normalized spacial score (nSPS) is 10.0. The lowest BCUT2D eigenvalue weighted by atomic mass is 10.5. The first-order valence-corrected chi connectivity index (χ1v) is 4.55. The van der Waals surface area contributed by atoms with Gasteiger partial charge in [0.05, 0.1) is 11.9 Å². The van der Waals surface area contributed by atoms with E-state index < -0.39 is 0 Å². The van der Waals surface area contributed by atoms with Crippen molar-refractivity contribution < 1.29 is 0 Å². The van der Waals surface area contributed by atoms with Crippen molar-refractivity contribution in [2.45, 2.75) is 0 Å². The van der Waals surface area contributed by atoms with E-state index in [-0.39, 0.29) is 0 Å². The highest BCUT2D eigenvalue weighted by atomic mass is 32.1. The Kier molecular flexibility index (Phi) is 4.43. The number of rotatable bonds is 4. The van der Waals surface area contributed by atoms with E-state index in [0.717, 1.165) is 5.69 Å². The molecule has 0 atom stereocenters. The SMILES string of the molecule is C=CCNC(=S)N/N=C\c1ccc[nH]1. The molecule has 0 saturated heterocycles. The van der Waals surface area contributed by atoms with E-state index in [4.69, 9.17) is 12.2 Å². The molecule has 0 aromatic carbocycles. The summed E-state index contributed by atoms with van der Waals surface area (Å²) < 4.78 is 0. The first-order valence-electron chi connectivity index (χ1n) is 4.14. The van der Waals surface area contributed by atoms with Gasteiger partial charge in [-0.3, -0.25) is 5.43 Å². The zero-order valence-electron chi connectivity index (χ0n) is 7.66. The van der Waals surface area contributed by atoms with Crippen molar-refractivity contribution in [1.29, 1.82) is 0 Å². The van der Waals surface area contributed by atoms with Gasteiger partial charge in [0.1, 0.15) is 0 Å². The predicted molar refractivity (Wildman–Crippen MR) is 62.3 cm³/mol. The monoisotopic (exact) mass is 208 g/mol. The van der Waals surface area contributed by atoms with Gasteiger partial charge in [-0.05, 0) is 24.4 Å². The summed E-state index contributed by atoms with van der Waals surface area (Å²) in [5.74, 6) is 0. The lowest BCUT2D eigenvalue weighted by Crippen LogP contribution is -2.31. The third-order valence-corrected chi connectivity index (χ3v) is 1.63. The van der Waals surface area contributed by atoms with Crippen LogP contribution in [0.1, 0.15) is 5.69 Å². The summed E-state index contributed by atoms with van der Waals surface area (Å²) in [5, 5.41) is 7.29. The number of hydrazone groups is 1. The Morgan fingerprint density at radius 3 is 3.21 bits per heavy atom. The summed E-state index contributed by atoms with van der Waals surface area (Å²) in [5.41, 5.74) is 3.60. The average Bonchev–Trinajstić information content (AvgIpc) is 2.67. The number of aromatic nitrogens is 1. The van der Waals surface area contributed by atoms with Crippen LogP contribution in [-0.4, -0.2) is 22.9 Å². The molecule has 1 aromatic heterocycles. The molecule has 0 aliphatic carbocycles. The van der Waals surface area contributed by atoms with Crippen molar-refractivity contribution in [2.75, 3.05) is 6.54 Å². The fourth-order valence-electron chi connectivity index (χ4n) is 0.789. The van der Waals surface area contributed by atoms with Crippen LogP contribution in [0.4, 0.5) is 0 Å². The van der Waals surface area contributed by atoms with E-state index >= 15 is 0 Å². The van der Waals surface area contributed by atoms with Crippen molar-refractivity contribution in [3.63, 3.8) is 0 Å². The van der Waals surface area contributed by atoms with Crippen LogP contribution < -0.4 is 10.7 Å². The Morgan fingerprint density at radius 1 is 1.71 bits per heavy atom. The highest BCUT2D eigenvalue weighted by Crippen LogP contribution is 1.87. The number of hydrogen-bond acceptors (Lipinski definition) is 2. The summed E-state index contributed by atoms with van der Waals surface area (Å²) in [4.78, 5) is 2.98. The van der Waals surface area contributed by atoms with Crippen LogP contribution >= 0.6 is 12.2 Å². The van der Waals surface area contributed by atoms with E-state index in [0.29, 0.717) is 11.7 Å². The van der Waals surface area contributed by atoms with Gasteiger partial charge in [0.15, 0.2) is 5.11 Å². The molecule has 0 aliphatic rings. The minimum absolute atomic E-state index is 0.479. The molecular weight excluding hydrogens is 196 g/mol. The smallest absolute Gasteiger partial charge is 0.187 e. The molecule has 14 heavy (non-hydrogen) atoms. The minimum Gasteiger partial charge on any atom is -0.360 e. The second-order valence-electron chi connectivity index (χ2n) is 2.49. The summed E-state index contributed by atoms with van der Waals surface area (Å²) in [6.45, 7) is 4.19. The van der Waals surface area contributed by atoms with Crippen LogP contribution in [0.25, 0.3) is 0 Å². The largest absolute Gasteiger partial charge is 0.360 e. The minimum atomic E-state index is 0.479. The molecule has 0 amide bonds. The zero-order valence-corrected chi connectivity index (χ0v) is 8.47. The maximum Gasteiger partial charge on any atom is 0.187 e. The Hall–Kier alpha value is -1.62. The predicted octanol–water partition coefficient (Wildman–Crippen LogP) is 0.999. The molecule has 0 radical (unpaired) electrons. The van der Waals surface area contributed by atoms with E-state index in [2.05, 4.69) is 27.4 Å². The van der Waals surface area contributed by atoms with Crippen LogP contribution in [0.15, 0.2) is 36.1 Å². The maximum atomic E-state index is 4.92. The Labute approximate surface area is 88.1 Å². The van der Waals surface area contributed by atoms with Gasteiger partial charge < -0.3 is 10.3 Å². The third kappa shape index (κ3) is 3.86. The molecule has 1 heterocycles. The Balaban J connectivity index is 2.26. The number of aromatic amines is 1. The van der Waals surface area contributed by atoms with E-state index in [1.807, 2.05) is 18.3 Å². The highest BCUT2D eigenvalue weighted by Gasteiger charge is 1.88. The summed E-state index contributed by atoms with van der Waals surface area (Å²) >= 11 is 4.92. The number of nitrogens with one attached hydrogen (secondary N) is 3. The molecule has 0 spiro atoms. The number of hydrogen-bond donors (Lipinski definition) is 3. The zero-order chi connectivity index (χ0) is 10.2. The molecule has 0 fully saturated rings. The molecule has 1 aromatic rings. The quantitative estimate of drug-likeness (QED) is 0.299. The van der Waals surface area contributed by atoms with Crippen LogP contribution in [0.5, 0.6) is 0 Å². The van der Waals surface area contributed by atoms with Gasteiger partial charge in [0.25, 0.3) is 0 Å². The van der Waals surface area contributed by atoms with Crippen molar-refractivity contribution >= 4 is 23.5 Å². The van der Waals surface area contributed by atoms with Gasteiger partial charge >= 0.3 is 0 Å². The molecule has 0 saturated carbocycles. The van der Waals surface area contributed by atoms with Gasteiger partial charge in [-0.15, -0.1) is 6.58 Å². The molecule has 5 heteroatoms. The van der Waals surface area contributed by atoms with Gasteiger partial charge in [0.2, 0.25) is 0 Å². The fraction of sp³-hybridized carbons (Fsp3) is 0.111. The molecule has 0 unspecified atom stereocenters. The standard InChI is InChI=1S/C9H12N4S/c1-2-5-11-9(14)13-12-7-8-4-3-6-10-8/h2-4,6-7,10H,1,5H2,(H2,11,13,14)/b12-7-. The average molecular weight is 208 g/mol. The number of nitrogens with zero attached hydrogens (tertiary/aromatic N) is 1. The van der Waals surface area contributed by atoms with Gasteiger partial charge in [-0.25, -0.2) is 0 Å². The van der Waals surface area contributed by atoms with Gasteiger partial charge in [-0.1, -0.05) is 6.08 Å². The van der Waals surface area contributed by atoms with E-state index in [1.165, 1.54) is 0 Å². The molecule has 4 nitrogen and oxygen atoms in total. The van der Waals surface area contributed by atoms with E-state index in [9.17, 15) is 0 Å². The summed E-state index contributed by atoms with van der Waals surface area (Å²) in [6.07, 6.45) is 5.21. The first kappa shape index (κ1) is 10.5. The Morgan fingerprint density at radius 2 is 2.57 bits per heavy atom. The van der Waals surface area contributed by atoms with Gasteiger partial charge in [-0.2, -0.15) is 5.10 Å². The summed E-state index contributed by atoms with van der Waals surface area (Å²) in [6, 6.07) is 3.81. The molecule has 1 rings (SSSR count). The van der Waals surface area contributed by atoms with Crippen molar-refractivity contribution in [2.24, 2.45) is 5.10 Å². The molecule has 74 valence electrons. The first-order chi connectivity index (χ1) is 6.83. The third-order valence-electron chi connectivity index (χ3n) is 1.40. The van der Waals surface area contributed by atoms with Crippen LogP contribution in [0.2, 0.25) is 0 Å². The maximum absolute atomic E-state index is 4.92. The second-order valence-corrected chi connectivity index (χ2v) is 2.90. The lowest BCUT2D eigenvalue weighted by molar-refractivity contribution is 0.941. The van der Waals surface area contributed by atoms with Crippen LogP contribution in [0.3, 0.4) is 0 Å². The number of H-pyrrole nitrogens is 1. The van der Waals surface area contributed by atoms with E-state index in [1.54, 1.807) is 12.3 Å². The summed E-state index contributed by atoms with van der Waals surface area (Å²) in [7, 11) is 0. The molecule has 3 N–H and O–H groups in total. The molecule has 0 bridgehead atoms.